The van der Waals surface area contributed by atoms with E-state index in [0.717, 1.165) is 16.7 Å². The average molecular weight is 422 g/mol. The van der Waals surface area contributed by atoms with Crippen LogP contribution in [0.2, 0.25) is 5.02 Å². The number of ether oxygens (including phenoxy) is 2. The minimum absolute atomic E-state index is 0.151. The number of rotatable bonds is 8. The van der Waals surface area contributed by atoms with E-state index in [4.69, 9.17) is 21.1 Å². The predicted molar refractivity (Wildman–Crippen MR) is 122 cm³/mol. The molecular formula is C25H24ClNO3. The summed E-state index contributed by atoms with van der Waals surface area (Å²) in [5.41, 5.74) is 3.24. The largest absolute Gasteiger partial charge is 0.493 e. The number of carbonyl (C=O) groups excluding carboxylic acids is 1. The van der Waals surface area contributed by atoms with Gasteiger partial charge in [-0.25, -0.2) is 0 Å². The zero-order valence-electron chi connectivity index (χ0n) is 17.0. The summed E-state index contributed by atoms with van der Waals surface area (Å²) in [5, 5.41) is 3.61. The summed E-state index contributed by atoms with van der Waals surface area (Å²) >= 11 is 6.30. The zero-order chi connectivity index (χ0) is 21.3. The number of halogens is 1. The molecule has 0 aromatic heterocycles. The van der Waals surface area contributed by atoms with Crippen molar-refractivity contribution in [1.82, 2.24) is 5.32 Å². The van der Waals surface area contributed by atoms with Crippen LogP contribution in [0.5, 0.6) is 11.5 Å². The number of hydrogen-bond acceptors (Lipinski definition) is 3. The third-order valence-electron chi connectivity index (χ3n) is 4.68. The summed E-state index contributed by atoms with van der Waals surface area (Å²) < 4.78 is 10.6. The second-order valence-electron chi connectivity index (χ2n) is 6.64. The molecule has 1 amide bonds. The fourth-order valence-electron chi connectivity index (χ4n) is 3.10. The number of amides is 1. The van der Waals surface area contributed by atoms with Crippen molar-refractivity contribution in [3.63, 3.8) is 0 Å². The standard InChI is InChI=1S/C25H24ClNO3/c1-29-23-13-12-18(16-24(23)30-2)14-15-27-25(28)21(19-8-4-3-5-9-19)17-20-10-6-7-11-22(20)26/h3-13,16-17H,14-15H2,1-2H3,(H,27,28)/b21-17+. The van der Waals surface area contributed by atoms with Crippen molar-refractivity contribution in [3.8, 4) is 11.5 Å². The Labute approximate surface area is 182 Å². The van der Waals surface area contributed by atoms with Gasteiger partial charge < -0.3 is 14.8 Å². The summed E-state index contributed by atoms with van der Waals surface area (Å²) in [7, 11) is 3.21. The molecule has 0 saturated carbocycles. The maximum atomic E-state index is 13.0. The predicted octanol–water partition coefficient (Wildman–Crippen LogP) is 5.26. The molecule has 0 aliphatic heterocycles. The third kappa shape index (κ3) is 5.43. The van der Waals surface area contributed by atoms with Crippen molar-refractivity contribution in [2.75, 3.05) is 20.8 Å². The molecular weight excluding hydrogens is 398 g/mol. The minimum atomic E-state index is -0.151. The number of hydrogen-bond donors (Lipinski definition) is 1. The van der Waals surface area contributed by atoms with E-state index in [1.807, 2.05) is 78.9 Å². The van der Waals surface area contributed by atoms with Gasteiger partial charge in [0.1, 0.15) is 0 Å². The number of carbonyl (C=O) groups is 1. The van der Waals surface area contributed by atoms with Crippen molar-refractivity contribution in [3.05, 3.63) is 94.5 Å². The molecule has 154 valence electrons. The molecule has 0 heterocycles. The van der Waals surface area contributed by atoms with Crippen LogP contribution >= 0.6 is 11.6 Å². The Bertz CT molecular complexity index is 1030. The van der Waals surface area contributed by atoms with E-state index < -0.39 is 0 Å². The molecule has 1 N–H and O–H groups in total. The number of nitrogens with one attached hydrogen (secondary N) is 1. The van der Waals surface area contributed by atoms with Gasteiger partial charge in [0.15, 0.2) is 11.5 Å². The Morgan fingerprint density at radius 3 is 2.33 bits per heavy atom. The molecule has 3 aromatic carbocycles. The molecule has 0 bridgehead atoms. The SMILES string of the molecule is COc1ccc(CCNC(=O)/C(=C/c2ccccc2Cl)c2ccccc2)cc1OC. The quantitative estimate of drug-likeness (QED) is 0.399. The molecule has 0 fully saturated rings. The van der Waals surface area contributed by atoms with Crippen molar-refractivity contribution < 1.29 is 14.3 Å². The second kappa shape index (κ2) is 10.5. The van der Waals surface area contributed by atoms with E-state index in [-0.39, 0.29) is 5.91 Å². The molecule has 0 spiro atoms. The highest BCUT2D eigenvalue weighted by Crippen LogP contribution is 2.28. The average Bonchev–Trinajstić information content (AvgIpc) is 2.78. The lowest BCUT2D eigenvalue weighted by Crippen LogP contribution is -2.26. The highest BCUT2D eigenvalue weighted by Gasteiger charge is 2.13. The molecule has 3 rings (SSSR count). The molecule has 0 saturated heterocycles. The van der Waals surface area contributed by atoms with Crippen molar-refractivity contribution in [2.24, 2.45) is 0 Å². The zero-order valence-corrected chi connectivity index (χ0v) is 17.8. The van der Waals surface area contributed by atoms with Crippen molar-refractivity contribution in [1.29, 1.82) is 0 Å². The van der Waals surface area contributed by atoms with Gasteiger partial charge in [-0.3, -0.25) is 4.79 Å². The normalized spacial score (nSPS) is 11.1. The third-order valence-corrected chi connectivity index (χ3v) is 5.03. The smallest absolute Gasteiger partial charge is 0.251 e. The maximum absolute atomic E-state index is 13.0. The molecule has 30 heavy (non-hydrogen) atoms. The monoisotopic (exact) mass is 421 g/mol. The minimum Gasteiger partial charge on any atom is -0.493 e. The fraction of sp³-hybridized carbons (Fsp3) is 0.160. The van der Waals surface area contributed by atoms with Crippen LogP contribution in [-0.2, 0) is 11.2 Å². The lowest BCUT2D eigenvalue weighted by molar-refractivity contribution is -0.115. The van der Waals surface area contributed by atoms with Gasteiger partial charge in [0.2, 0.25) is 0 Å². The van der Waals surface area contributed by atoms with Gasteiger partial charge in [-0.05, 0) is 47.4 Å². The van der Waals surface area contributed by atoms with Gasteiger partial charge >= 0.3 is 0 Å². The Morgan fingerprint density at radius 2 is 1.63 bits per heavy atom. The van der Waals surface area contributed by atoms with Crippen LogP contribution in [0.25, 0.3) is 11.6 Å². The molecule has 5 heteroatoms. The van der Waals surface area contributed by atoms with Crippen LogP contribution in [0.1, 0.15) is 16.7 Å². The molecule has 0 radical (unpaired) electrons. The Hall–Kier alpha value is -3.24. The Balaban J connectivity index is 1.75. The van der Waals surface area contributed by atoms with Crippen molar-refractivity contribution >= 4 is 29.2 Å². The summed E-state index contributed by atoms with van der Waals surface area (Å²) in [6.07, 6.45) is 2.49. The van der Waals surface area contributed by atoms with Gasteiger partial charge in [-0.1, -0.05) is 66.2 Å². The first-order valence-electron chi connectivity index (χ1n) is 9.63. The van der Waals surface area contributed by atoms with Gasteiger partial charge in [0.05, 0.1) is 14.2 Å². The van der Waals surface area contributed by atoms with E-state index in [9.17, 15) is 4.79 Å². The van der Waals surface area contributed by atoms with E-state index in [0.29, 0.717) is 35.1 Å². The van der Waals surface area contributed by atoms with E-state index in [1.165, 1.54) is 0 Å². The first-order chi connectivity index (χ1) is 14.6. The van der Waals surface area contributed by atoms with Crippen LogP contribution in [0, 0.1) is 0 Å². The Kier molecular flexibility index (Phi) is 7.52. The highest BCUT2D eigenvalue weighted by atomic mass is 35.5. The molecule has 0 unspecified atom stereocenters. The molecule has 0 atom stereocenters. The van der Waals surface area contributed by atoms with Gasteiger partial charge in [0, 0.05) is 17.1 Å². The van der Waals surface area contributed by atoms with Gasteiger partial charge in [-0.2, -0.15) is 0 Å². The topological polar surface area (TPSA) is 47.6 Å². The van der Waals surface area contributed by atoms with Crippen LogP contribution in [0.4, 0.5) is 0 Å². The lowest BCUT2D eigenvalue weighted by atomic mass is 10.0. The second-order valence-corrected chi connectivity index (χ2v) is 7.05. The summed E-state index contributed by atoms with van der Waals surface area (Å²) in [4.78, 5) is 13.0. The summed E-state index contributed by atoms with van der Waals surface area (Å²) in [6.45, 7) is 0.487. The summed E-state index contributed by atoms with van der Waals surface area (Å²) in [5.74, 6) is 1.20. The van der Waals surface area contributed by atoms with E-state index in [1.54, 1.807) is 14.2 Å². The summed E-state index contributed by atoms with van der Waals surface area (Å²) in [6, 6.07) is 22.8. The van der Waals surface area contributed by atoms with E-state index >= 15 is 0 Å². The van der Waals surface area contributed by atoms with Gasteiger partial charge in [-0.15, -0.1) is 0 Å². The van der Waals surface area contributed by atoms with Crippen molar-refractivity contribution in [2.45, 2.75) is 6.42 Å². The van der Waals surface area contributed by atoms with Crippen LogP contribution < -0.4 is 14.8 Å². The highest BCUT2D eigenvalue weighted by molar-refractivity contribution is 6.33. The van der Waals surface area contributed by atoms with Crippen LogP contribution in [0.3, 0.4) is 0 Å². The number of methoxy groups -OCH3 is 2. The molecule has 3 aromatic rings. The number of benzene rings is 3. The lowest BCUT2D eigenvalue weighted by Gasteiger charge is -2.12. The Morgan fingerprint density at radius 1 is 0.933 bits per heavy atom. The molecule has 0 aliphatic carbocycles. The first-order valence-corrected chi connectivity index (χ1v) is 10.0. The first kappa shape index (κ1) is 21.5. The van der Waals surface area contributed by atoms with Crippen LogP contribution in [0.15, 0.2) is 72.8 Å². The van der Waals surface area contributed by atoms with E-state index in [2.05, 4.69) is 5.32 Å². The molecule has 0 aliphatic rings. The fourth-order valence-corrected chi connectivity index (χ4v) is 3.29. The molecule has 4 nitrogen and oxygen atoms in total. The van der Waals surface area contributed by atoms with Gasteiger partial charge in [0.25, 0.3) is 5.91 Å². The maximum Gasteiger partial charge on any atom is 0.251 e. The van der Waals surface area contributed by atoms with Crippen LogP contribution in [-0.4, -0.2) is 26.7 Å².